The lowest BCUT2D eigenvalue weighted by Crippen LogP contribution is -2.25. The first-order valence-corrected chi connectivity index (χ1v) is 7.15. The van der Waals surface area contributed by atoms with Crippen LogP contribution in [0.3, 0.4) is 0 Å². The molecule has 0 amide bonds. The Hall–Kier alpha value is -0.970. The Labute approximate surface area is 126 Å². The fourth-order valence-corrected chi connectivity index (χ4v) is 1.85. The van der Waals surface area contributed by atoms with Gasteiger partial charge in [0.2, 0.25) is 0 Å². The van der Waals surface area contributed by atoms with Crippen LogP contribution in [0, 0.1) is 12.8 Å². The van der Waals surface area contributed by atoms with E-state index in [2.05, 4.69) is 19.2 Å². The molecule has 0 aliphatic rings. The zero-order valence-corrected chi connectivity index (χ0v) is 13.3. The Kier molecular flexibility index (Phi) is 7.13. The quantitative estimate of drug-likeness (QED) is 0.775. The van der Waals surface area contributed by atoms with Crippen LogP contribution in [0.25, 0.3) is 0 Å². The third kappa shape index (κ3) is 5.57. The van der Waals surface area contributed by atoms with Crippen molar-refractivity contribution >= 4 is 17.3 Å². The van der Waals surface area contributed by atoms with E-state index in [1.807, 2.05) is 13.0 Å². The van der Waals surface area contributed by atoms with Gasteiger partial charge in [0.1, 0.15) is 5.75 Å². The standard InChI is InChI=1S/C15H24ClNO3/c1-10(2)8-20-9-12(18)7-17-14-5-11(3)13(16)6-15(14)19-4/h5-6,10,12,17-18H,7-9H2,1-4H3. The van der Waals surface area contributed by atoms with E-state index in [0.717, 1.165) is 11.3 Å². The number of rotatable bonds is 8. The Morgan fingerprint density at radius 3 is 2.60 bits per heavy atom. The van der Waals surface area contributed by atoms with Crippen LogP contribution >= 0.6 is 11.6 Å². The number of benzene rings is 1. The maximum absolute atomic E-state index is 9.86. The molecule has 0 radical (unpaired) electrons. The van der Waals surface area contributed by atoms with Gasteiger partial charge in [-0.2, -0.15) is 0 Å². The molecule has 1 rings (SSSR count). The molecule has 0 aliphatic heterocycles. The summed E-state index contributed by atoms with van der Waals surface area (Å²) >= 11 is 6.05. The lowest BCUT2D eigenvalue weighted by molar-refractivity contribution is 0.0318. The van der Waals surface area contributed by atoms with Gasteiger partial charge < -0.3 is 19.9 Å². The highest BCUT2D eigenvalue weighted by Crippen LogP contribution is 2.30. The average Bonchev–Trinajstić information content (AvgIpc) is 2.39. The molecule has 20 heavy (non-hydrogen) atoms. The van der Waals surface area contributed by atoms with Gasteiger partial charge in [0.25, 0.3) is 0 Å². The maximum atomic E-state index is 9.86. The van der Waals surface area contributed by atoms with E-state index in [-0.39, 0.29) is 0 Å². The van der Waals surface area contributed by atoms with Crippen molar-refractivity contribution in [1.29, 1.82) is 0 Å². The van der Waals surface area contributed by atoms with Crippen molar-refractivity contribution in [3.05, 3.63) is 22.7 Å². The molecule has 2 N–H and O–H groups in total. The Balaban J connectivity index is 2.50. The number of anilines is 1. The second-order valence-corrected chi connectivity index (χ2v) is 5.67. The largest absolute Gasteiger partial charge is 0.495 e. The van der Waals surface area contributed by atoms with E-state index in [9.17, 15) is 5.11 Å². The van der Waals surface area contributed by atoms with E-state index in [1.165, 1.54) is 0 Å². The number of ether oxygens (including phenoxy) is 2. The van der Waals surface area contributed by atoms with Gasteiger partial charge in [-0.15, -0.1) is 0 Å². The summed E-state index contributed by atoms with van der Waals surface area (Å²) in [5.74, 6) is 1.13. The van der Waals surface area contributed by atoms with Crippen molar-refractivity contribution in [1.82, 2.24) is 0 Å². The summed E-state index contributed by atoms with van der Waals surface area (Å²) < 4.78 is 10.7. The summed E-state index contributed by atoms with van der Waals surface area (Å²) in [7, 11) is 1.59. The highest BCUT2D eigenvalue weighted by Gasteiger charge is 2.10. The molecule has 0 fully saturated rings. The zero-order chi connectivity index (χ0) is 15.1. The summed E-state index contributed by atoms with van der Waals surface area (Å²) in [5.41, 5.74) is 1.78. The van der Waals surface area contributed by atoms with Gasteiger partial charge in [0.15, 0.2) is 0 Å². The van der Waals surface area contributed by atoms with Crippen molar-refractivity contribution < 1.29 is 14.6 Å². The van der Waals surface area contributed by atoms with Crippen LogP contribution in [0.1, 0.15) is 19.4 Å². The Bertz CT molecular complexity index is 424. The Morgan fingerprint density at radius 1 is 1.30 bits per heavy atom. The SMILES string of the molecule is COc1cc(Cl)c(C)cc1NCC(O)COCC(C)C. The number of nitrogens with one attached hydrogen (secondary N) is 1. The van der Waals surface area contributed by atoms with Gasteiger partial charge in [0, 0.05) is 24.2 Å². The third-order valence-corrected chi connectivity index (χ3v) is 3.18. The molecule has 0 saturated carbocycles. The fourth-order valence-electron chi connectivity index (χ4n) is 1.70. The Morgan fingerprint density at radius 2 is 2.00 bits per heavy atom. The molecule has 0 bridgehead atoms. The number of hydrogen-bond donors (Lipinski definition) is 2. The first-order chi connectivity index (χ1) is 9.43. The summed E-state index contributed by atoms with van der Waals surface area (Å²) in [4.78, 5) is 0. The normalized spacial score (nSPS) is 12.6. The number of methoxy groups -OCH3 is 1. The monoisotopic (exact) mass is 301 g/mol. The first kappa shape index (κ1) is 17.1. The van der Waals surface area contributed by atoms with Crippen LogP contribution in [0.4, 0.5) is 5.69 Å². The summed E-state index contributed by atoms with van der Waals surface area (Å²) in [5, 5.41) is 13.7. The molecule has 1 unspecified atom stereocenters. The molecular formula is C15H24ClNO3. The molecular weight excluding hydrogens is 278 g/mol. The number of hydrogen-bond acceptors (Lipinski definition) is 4. The molecule has 4 nitrogen and oxygen atoms in total. The van der Waals surface area contributed by atoms with Crippen molar-refractivity contribution in [3.63, 3.8) is 0 Å². The molecule has 5 heteroatoms. The minimum absolute atomic E-state index is 0.320. The lowest BCUT2D eigenvalue weighted by Gasteiger charge is -2.16. The van der Waals surface area contributed by atoms with Crippen molar-refractivity contribution in [2.75, 3.05) is 32.2 Å². The predicted molar refractivity (Wildman–Crippen MR) is 82.9 cm³/mol. The van der Waals surface area contributed by atoms with E-state index < -0.39 is 6.10 Å². The predicted octanol–water partition coefficient (Wildman–Crippen LogP) is 3.10. The highest BCUT2D eigenvalue weighted by molar-refractivity contribution is 6.31. The smallest absolute Gasteiger partial charge is 0.143 e. The first-order valence-electron chi connectivity index (χ1n) is 6.77. The van der Waals surface area contributed by atoms with Crippen LogP contribution in [-0.2, 0) is 4.74 Å². The van der Waals surface area contributed by atoms with Crippen molar-refractivity contribution in [2.45, 2.75) is 26.9 Å². The van der Waals surface area contributed by atoms with Gasteiger partial charge in [-0.25, -0.2) is 0 Å². The number of aryl methyl sites for hydroxylation is 1. The van der Waals surface area contributed by atoms with Gasteiger partial charge >= 0.3 is 0 Å². The molecule has 1 atom stereocenters. The average molecular weight is 302 g/mol. The zero-order valence-electron chi connectivity index (χ0n) is 12.6. The minimum atomic E-state index is -0.561. The molecule has 1 aromatic rings. The van der Waals surface area contributed by atoms with Gasteiger partial charge in [-0.3, -0.25) is 0 Å². The van der Waals surface area contributed by atoms with E-state index in [0.29, 0.717) is 36.4 Å². The van der Waals surface area contributed by atoms with Crippen LogP contribution < -0.4 is 10.1 Å². The van der Waals surface area contributed by atoms with Crippen LogP contribution in [0.2, 0.25) is 5.02 Å². The summed E-state index contributed by atoms with van der Waals surface area (Å²) in [6, 6.07) is 3.67. The summed E-state index contributed by atoms with van der Waals surface area (Å²) in [6.07, 6.45) is -0.561. The second kappa shape index (κ2) is 8.35. The van der Waals surface area contributed by atoms with E-state index in [4.69, 9.17) is 21.1 Å². The molecule has 0 aromatic heterocycles. The fraction of sp³-hybridized carbons (Fsp3) is 0.600. The van der Waals surface area contributed by atoms with Gasteiger partial charge in [-0.1, -0.05) is 25.4 Å². The molecule has 0 saturated heterocycles. The molecule has 114 valence electrons. The number of aliphatic hydroxyl groups is 1. The lowest BCUT2D eigenvalue weighted by atomic mass is 10.2. The minimum Gasteiger partial charge on any atom is -0.495 e. The number of aliphatic hydroxyl groups excluding tert-OH is 1. The van der Waals surface area contributed by atoms with Crippen LogP contribution in [0.15, 0.2) is 12.1 Å². The molecule has 0 spiro atoms. The van der Waals surface area contributed by atoms with E-state index in [1.54, 1.807) is 13.2 Å². The molecule has 0 aliphatic carbocycles. The van der Waals surface area contributed by atoms with Crippen molar-refractivity contribution in [3.8, 4) is 5.75 Å². The van der Waals surface area contributed by atoms with Crippen LogP contribution in [-0.4, -0.2) is 38.1 Å². The topological polar surface area (TPSA) is 50.7 Å². The van der Waals surface area contributed by atoms with Crippen molar-refractivity contribution in [2.24, 2.45) is 5.92 Å². The van der Waals surface area contributed by atoms with Gasteiger partial charge in [-0.05, 0) is 24.5 Å². The maximum Gasteiger partial charge on any atom is 0.143 e. The van der Waals surface area contributed by atoms with Gasteiger partial charge in [0.05, 0.1) is 25.5 Å². The van der Waals surface area contributed by atoms with Crippen LogP contribution in [0.5, 0.6) is 5.75 Å². The second-order valence-electron chi connectivity index (χ2n) is 5.27. The highest BCUT2D eigenvalue weighted by atomic mass is 35.5. The third-order valence-electron chi connectivity index (χ3n) is 2.77. The number of halogens is 1. The molecule has 0 heterocycles. The van der Waals surface area contributed by atoms with E-state index >= 15 is 0 Å². The molecule has 1 aromatic carbocycles. The summed E-state index contributed by atoms with van der Waals surface area (Å²) in [6.45, 7) is 7.45.